The number of nitrogens with zero attached hydrogens (tertiary/aromatic N) is 1. The van der Waals surface area contributed by atoms with E-state index in [2.05, 4.69) is 5.32 Å². The number of rotatable bonds is 3. The van der Waals surface area contributed by atoms with E-state index in [9.17, 15) is 13.6 Å². The topological polar surface area (TPSA) is 62.1 Å². The summed E-state index contributed by atoms with van der Waals surface area (Å²) in [5, 5.41) is 11.7. The number of carbonyl (C=O) groups excluding carboxylic acids is 1. The second-order valence-corrected chi connectivity index (χ2v) is 5.57. The van der Waals surface area contributed by atoms with Crippen molar-refractivity contribution in [1.29, 1.82) is 5.26 Å². The Morgan fingerprint density at radius 2 is 2.14 bits per heavy atom. The summed E-state index contributed by atoms with van der Waals surface area (Å²) in [4.78, 5) is 12.0. The molecule has 6 heteroatoms. The molecule has 1 aromatic carbocycles. The predicted octanol–water partition coefficient (Wildman–Crippen LogP) is 2.46. The number of hydrogen-bond donors (Lipinski definition) is 1. The standard InChI is InChI=1S/C15H16F2N2O2/c1-15(2,8-18)14(20)19-12-5-6-21-13(12)9-3-4-10(16)11(17)7-9/h3-4,7,12-13H,5-6H2,1-2H3,(H,19,20)/t12-,13+/m1/s1. The van der Waals surface area contributed by atoms with Crippen LogP contribution >= 0.6 is 0 Å². The maximum Gasteiger partial charge on any atom is 0.240 e. The summed E-state index contributed by atoms with van der Waals surface area (Å²) >= 11 is 0. The van der Waals surface area contributed by atoms with Gasteiger partial charge in [0.2, 0.25) is 5.91 Å². The van der Waals surface area contributed by atoms with Gasteiger partial charge in [-0.15, -0.1) is 0 Å². The molecule has 2 rings (SSSR count). The number of benzene rings is 1. The number of hydrogen-bond acceptors (Lipinski definition) is 3. The van der Waals surface area contributed by atoms with Crippen LogP contribution in [0.5, 0.6) is 0 Å². The van der Waals surface area contributed by atoms with Crippen LogP contribution in [-0.4, -0.2) is 18.6 Å². The van der Waals surface area contributed by atoms with Gasteiger partial charge in [-0.05, 0) is 38.0 Å². The van der Waals surface area contributed by atoms with Gasteiger partial charge in [-0.3, -0.25) is 4.79 Å². The lowest BCUT2D eigenvalue weighted by Gasteiger charge is -2.23. The molecular formula is C15H16F2N2O2. The van der Waals surface area contributed by atoms with E-state index in [1.54, 1.807) is 0 Å². The van der Waals surface area contributed by atoms with E-state index in [1.807, 2.05) is 6.07 Å². The van der Waals surface area contributed by atoms with Crippen molar-refractivity contribution in [3.05, 3.63) is 35.4 Å². The van der Waals surface area contributed by atoms with Crippen LogP contribution in [0.1, 0.15) is 31.9 Å². The zero-order valence-corrected chi connectivity index (χ0v) is 11.8. The fourth-order valence-corrected chi connectivity index (χ4v) is 2.15. The summed E-state index contributed by atoms with van der Waals surface area (Å²) in [6.45, 7) is 3.44. The molecule has 1 saturated heterocycles. The lowest BCUT2D eigenvalue weighted by molar-refractivity contribution is -0.128. The highest BCUT2D eigenvalue weighted by atomic mass is 19.2. The molecule has 1 aliphatic rings. The molecule has 0 radical (unpaired) electrons. The largest absolute Gasteiger partial charge is 0.371 e. The van der Waals surface area contributed by atoms with Crippen molar-refractivity contribution in [3.8, 4) is 6.07 Å². The van der Waals surface area contributed by atoms with Gasteiger partial charge in [0, 0.05) is 6.61 Å². The van der Waals surface area contributed by atoms with Crippen LogP contribution in [0.4, 0.5) is 8.78 Å². The van der Waals surface area contributed by atoms with Gasteiger partial charge in [0.1, 0.15) is 11.5 Å². The van der Waals surface area contributed by atoms with Crippen LogP contribution in [0, 0.1) is 28.4 Å². The summed E-state index contributed by atoms with van der Waals surface area (Å²) in [6, 6.07) is 5.09. The van der Waals surface area contributed by atoms with Crippen LogP contribution in [0.15, 0.2) is 18.2 Å². The molecule has 1 aromatic rings. The van der Waals surface area contributed by atoms with Crippen molar-refractivity contribution >= 4 is 5.91 Å². The third-order valence-corrected chi connectivity index (χ3v) is 3.53. The SMILES string of the molecule is CC(C)(C#N)C(=O)N[C@@H]1CCO[C@H]1c1ccc(F)c(F)c1. The number of ether oxygens (including phenoxy) is 1. The Kier molecular flexibility index (Phi) is 4.24. The van der Waals surface area contributed by atoms with Gasteiger partial charge in [-0.2, -0.15) is 5.26 Å². The first-order chi connectivity index (χ1) is 9.85. The average Bonchev–Trinajstić information content (AvgIpc) is 2.90. The Balaban J connectivity index is 2.16. The molecule has 1 heterocycles. The fraction of sp³-hybridized carbons (Fsp3) is 0.467. The monoisotopic (exact) mass is 294 g/mol. The Bertz CT molecular complexity index is 596. The lowest BCUT2D eigenvalue weighted by atomic mass is 9.93. The van der Waals surface area contributed by atoms with Crippen molar-refractivity contribution < 1.29 is 18.3 Å². The van der Waals surface area contributed by atoms with Crippen LogP contribution < -0.4 is 5.32 Å². The van der Waals surface area contributed by atoms with E-state index in [-0.39, 0.29) is 6.04 Å². The van der Waals surface area contributed by atoms with E-state index in [1.165, 1.54) is 19.9 Å². The van der Waals surface area contributed by atoms with Crippen LogP contribution in [0.3, 0.4) is 0 Å². The molecule has 2 atom stereocenters. The highest BCUT2D eigenvalue weighted by Gasteiger charge is 2.35. The molecule has 0 aliphatic carbocycles. The smallest absolute Gasteiger partial charge is 0.240 e. The minimum atomic E-state index is -1.15. The summed E-state index contributed by atoms with van der Waals surface area (Å²) < 4.78 is 31.8. The van der Waals surface area contributed by atoms with Crippen LogP contribution in [0.2, 0.25) is 0 Å². The van der Waals surface area contributed by atoms with E-state index in [4.69, 9.17) is 10.00 Å². The van der Waals surface area contributed by atoms with Crippen molar-refractivity contribution in [1.82, 2.24) is 5.32 Å². The summed E-state index contributed by atoms with van der Waals surface area (Å²) in [5.41, 5.74) is -0.687. The van der Waals surface area contributed by atoms with Gasteiger partial charge in [0.05, 0.1) is 12.1 Å². The third-order valence-electron chi connectivity index (χ3n) is 3.53. The Labute approximate surface area is 121 Å². The zero-order chi connectivity index (χ0) is 15.6. The Morgan fingerprint density at radius 1 is 1.43 bits per heavy atom. The highest BCUT2D eigenvalue weighted by molar-refractivity contribution is 5.84. The molecule has 1 amide bonds. The molecule has 1 fully saturated rings. The molecule has 1 N–H and O–H groups in total. The molecule has 0 bridgehead atoms. The lowest BCUT2D eigenvalue weighted by Crippen LogP contribution is -2.43. The molecule has 112 valence electrons. The first-order valence-corrected chi connectivity index (χ1v) is 6.64. The van der Waals surface area contributed by atoms with Crippen LogP contribution in [-0.2, 0) is 9.53 Å². The maximum atomic E-state index is 13.3. The summed E-state index contributed by atoms with van der Waals surface area (Å²) in [6.07, 6.45) is 0.00947. The minimum absolute atomic E-state index is 0.366. The molecule has 21 heavy (non-hydrogen) atoms. The minimum Gasteiger partial charge on any atom is -0.371 e. The van der Waals surface area contributed by atoms with Gasteiger partial charge < -0.3 is 10.1 Å². The van der Waals surface area contributed by atoms with Gasteiger partial charge in [-0.1, -0.05) is 6.07 Å². The second kappa shape index (κ2) is 5.78. The van der Waals surface area contributed by atoms with Crippen molar-refractivity contribution in [2.24, 2.45) is 5.41 Å². The molecule has 1 aliphatic heterocycles. The third kappa shape index (κ3) is 3.19. The molecular weight excluding hydrogens is 278 g/mol. The number of nitriles is 1. The van der Waals surface area contributed by atoms with E-state index in [0.717, 1.165) is 12.1 Å². The van der Waals surface area contributed by atoms with E-state index < -0.39 is 29.1 Å². The molecule has 0 spiro atoms. The van der Waals surface area contributed by atoms with E-state index >= 15 is 0 Å². The molecule has 0 aromatic heterocycles. The molecule has 4 nitrogen and oxygen atoms in total. The number of amides is 1. The van der Waals surface area contributed by atoms with Gasteiger partial charge >= 0.3 is 0 Å². The number of halogens is 2. The van der Waals surface area contributed by atoms with Gasteiger partial charge in [0.15, 0.2) is 11.6 Å². The number of carbonyl (C=O) groups is 1. The first-order valence-electron chi connectivity index (χ1n) is 6.64. The second-order valence-electron chi connectivity index (χ2n) is 5.57. The summed E-state index contributed by atoms with van der Waals surface area (Å²) in [7, 11) is 0. The quantitative estimate of drug-likeness (QED) is 0.931. The molecule has 0 saturated carbocycles. The normalized spacial score (nSPS) is 21.9. The zero-order valence-electron chi connectivity index (χ0n) is 11.8. The Morgan fingerprint density at radius 3 is 2.76 bits per heavy atom. The number of nitrogens with one attached hydrogen (secondary N) is 1. The first kappa shape index (κ1) is 15.4. The van der Waals surface area contributed by atoms with Crippen molar-refractivity contribution in [2.45, 2.75) is 32.4 Å². The van der Waals surface area contributed by atoms with Gasteiger partial charge in [0.25, 0.3) is 0 Å². The van der Waals surface area contributed by atoms with Gasteiger partial charge in [-0.25, -0.2) is 8.78 Å². The maximum absolute atomic E-state index is 13.3. The van der Waals surface area contributed by atoms with Crippen molar-refractivity contribution in [3.63, 3.8) is 0 Å². The molecule has 0 unspecified atom stereocenters. The van der Waals surface area contributed by atoms with Crippen LogP contribution in [0.25, 0.3) is 0 Å². The summed E-state index contributed by atoms with van der Waals surface area (Å²) in [5.74, 6) is -2.29. The Hall–Kier alpha value is -2.00. The van der Waals surface area contributed by atoms with Crippen molar-refractivity contribution in [2.75, 3.05) is 6.61 Å². The highest BCUT2D eigenvalue weighted by Crippen LogP contribution is 2.30. The predicted molar refractivity (Wildman–Crippen MR) is 71.0 cm³/mol. The average molecular weight is 294 g/mol. The fourth-order valence-electron chi connectivity index (χ4n) is 2.15. The van der Waals surface area contributed by atoms with E-state index in [0.29, 0.717) is 18.6 Å².